The van der Waals surface area contributed by atoms with Crippen molar-refractivity contribution < 1.29 is 10.2 Å². The molecule has 0 saturated heterocycles. The van der Waals surface area contributed by atoms with Crippen LogP contribution in [0.25, 0.3) is 0 Å². The molecule has 20 heavy (non-hydrogen) atoms. The fraction of sp³-hybridized carbons (Fsp3) is 0.611. The summed E-state index contributed by atoms with van der Waals surface area (Å²) in [6.07, 6.45) is 7.78. The summed E-state index contributed by atoms with van der Waals surface area (Å²) < 4.78 is 0. The number of aliphatic hydroxyl groups is 1. The quantitative estimate of drug-likeness (QED) is 0.756. The van der Waals surface area contributed by atoms with Crippen LogP contribution in [-0.4, -0.2) is 16.3 Å². The first-order valence-electron chi connectivity index (χ1n) is 7.94. The summed E-state index contributed by atoms with van der Waals surface area (Å²) in [4.78, 5) is 0. The third-order valence-corrected chi connectivity index (χ3v) is 6.47. The Bertz CT molecular complexity index is 538. The monoisotopic (exact) mass is 271 g/mol. The zero-order valence-electron chi connectivity index (χ0n) is 12.0. The number of hydrogen-bond donors (Lipinski definition) is 2. The molecule has 1 aromatic rings. The van der Waals surface area contributed by atoms with Crippen LogP contribution in [0.15, 0.2) is 18.2 Å². The molecule has 0 aliphatic heterocycles. The van der Waals surface area contributed by atoms with Gasteiger partial charge in [0, 0.05) is 0 Å². The van der Waals surface area contributed by atoms with Gasteiger partial charge >= 0.3 is 0 Å². The largest absolute Gasteiger partial charge is 0.508 e. The first-order chi connectivity index (χ1) is 9.59. The molecule has 2 fully saturated rings. The van der Waals surface area contributed by atoms with Gasteiger partial charge < -0.3 is 10.2 Å². The average Bonchev–Trinajstić information content (AvgIpc) is 2.74. The van der Waals surface area contributed by atoms with Gasteiger partial charge in [-0.05, 0) is 85.0 Å². The molecule has 3 aliphatic carbocycles. The maximum atomic E-state index is 10.4. The molecule has 2 saturated carbocycles. The molecule has 0 aromatic heterocycles. The zero-order valence-corrected chi connectivity index (χ0v) is 12.0. The Morgan fingerprint density at radius 2 is 2.05 bits per heavy atom. The highest BCUT2D eigenvalue weighted by Gasteiger charge is 2.54. The van der Waals surface area contributed by atoms with Crippen LogP contribution < -0.4 is 0 Å². The van der Waals surface area contributed by atoms with Crippen LogP contribution in [-0.2, 0) is 0 Å². The summed E-state index contributed by atoms with van der Waals surface area (Å²) >= 11 is 0. The molecule has 1 aromatic carbocycles. The summed E-state index contributed by atoms with van der Waals surface area (Å²) in [7, 11) is 0. The Labute approximate surface area is 120 Å². The molecule has 0 unspecified atom stereocenters. The van der Waals surface area contributed by atoms with Crippen LogP contribution in [0.2, 0.25) is 0 Å². The molecule has 5 atom stereocenters. The highest BCUT2D eigenvalue weighted by atomic mass is 16.3. The van der Waals surface area contributed by atoms with Crippen LogP contribution in [0.4, 0.5) is 0 Å². The average molecular weight is 271 g/mol. The van der Waals surface area contributed by atoms with Gasteiger partial charge in [0.15, 0.2) is 0 Å². The van der Waals surface area contributed by atoms with E-state index in [0.29, 0.717) is 23.5 Å². The smallest absolute Gasteiger partial charge is 0.115 e. The van der Waals surface area contributed by atoms with Gasteiger partial charge in [-0.15, -0.1) is 0 Å². The van der Waals surface area contributed by atoms with Crippen molar-refractivity contribution in [3.63, 3.8) is 0 Å². The van der Waals surface area contributed by atoms with Gasteiger partial charge in [0.1, 0.15) is 5.75 Å². The molecular weight excluding hydrogens is 248 g/mol. The highest BCUT2D eigenvalue weighted by molar-refractivity contribution is 5.44. The Morgan fingerprint density at radius 3 is 2.90 bits per heavy atom. The molecule has 2 N–H and O–H groups in total. The molecule has 0 bridgehead atoms. The summed E-state index contributed by atoms with van der Waals surface area (Å²) in [5.41, 5.74) is 2.79. The van der Waals surface area contributed by atoms with Gasteiger partial charge in [0.2, 0.25) is 0 Å². The van der Waals surface area contributed by atoms with Crippen molar-refractivity contribution in [1.82, 2.24) is 0 Å². The molecule has 0 heterocycles. The number of phenols is 1. The van der Waals surface area contributed by atoms with Crippen LogP contribution in [0.5, 0.6) is 5.75 Å². The maximum Gasteiger partial charge on any atom is 0.115 e. The molecule has 0 spiro atoms. The summed E-state index contributed by atoms with van der Waals surface area (Å²) in [5, 5.41) is 20.0. The summed E-state index contributed by atoms with van der Waals surface area (Å²) in [6, 6.07) is 5.85. The molecule has 4 rings (SSSR count). The standard InChI is InChI=1S/C18H23O2/c1-18-9-8-14-13-5-3-12(19)10-11(13)2-4-15(14)16(18)6-7-17(18)20/h2-3,5,10,14-17,19-20H,4,6-9H2,1H3/t14-,15-,16+,17-,18+/m1/s1. The number of aromatic hydroxyl groups is 1. The Kier molecular flexibility index (Phi) is 2.69. The Balaban J connectivity index is 1.71. The van der Waals surface area contributed by atoms with E-state index >= 15 is 0 Å². The summed E-state index contributed by atoms with van der Waals surface area (Å²) in [6.45, 7) is 2.30. The van der Waals surface area contributed by atoms with Gasteiger partial charge in [-0.25, -0.2) is 0 Å². The van der Waals surface area contributed by atoms with Crippen molar-refractivity contribution in [2.75, 3.05) is 0 Å². The second-order valence-electron chi connectivity index (χ2n) is 7.27. The second-order valence-corrected chi connectivity index (χ2v) is 7.27. The third-order valence-electron chi connectivity index (χ3n) is 6.47. The van der Waals surface area contributed by atoms with E-state index in [0.717, 1.165) is 19.3 Å². The van der Waals surface area contributed by atoms with Crippen molar-refractivity contribution >= 4 is 0 Å². The molecule has 3 aliphatic rings. The lowest BCUT2D eigenvalue weighted by atomic mass is 9.55. The maximum absolute atomic E-state index is 10.4. The van der Waals surface area contributed by atoms with E-state index in [2.05, 4.69) is 19.4 Å². The first-order valence-corrected chi connectivity index (χ1v) is 7.94. The number of rotatable bonds is 0. The second kappa shape index (κ2) is 4.24. The number of phenolic OH excluding ortho intramolecular Hbond substituents is 1. The van der Waals surface area contributed by atoms with Crippen LogP contribution in [0, 0.1) is 23.7 Å². The normalized spacial score (nSPS) is 42.7. The SMILES string of the molecule is C[C@]12CC[C@@H]3c4ccc(O)cc4[CH]C[C@H]3[C@@H]1CC[C@H]2O. The number of hydrogen-bond acceptors (Lipinski definition) is 2. The van der Waals surface area contributed by atoms with E-state index in [9.17, 15) is 10.2 Å². The molecule has 1 radical (unpaired) electrons. The predicted molar refractivity (Wildman–Crippen MR) is 78.4 cm³/mol. The lowest BCUT2D eigenvalue weighted by Gasteiger charge is -2.50. The van der Waals surface area contributed by atoms with E-state index in [4.69, 9.17) is 0 Å². The fourth-order valence-electron chi connectivity index (χ4n) is 5.31. The minimum absolute atomic E-state index is 0.102. The van der Waals surface area contributed by atoms with Crippen molar-refractivity contribution in [2.45, 2.75) is 51.0 Å². The molecular formula is C18H23O2. The summed E-state index contributed by atoms with van der Waals surface area (Å²) in [5.74, 6) is 2.34. The van der Waals surface area contributed by atoms with Crippen molar-refractivity contribution in [3.05, 3.63) is 35.7 Å². The molecule has 2 heteroatoms. The molecule has 107 valence electrons. The van der Waals surface area contributed by atoms with E-state index in [-0.39, 0.29) is 11.5 Å². The number of benzene rings is 1. The van der Waals surface area contributed by atoms with E-state index in [1.54, 1.807) is 0 Å². The molecule has 0 amide bonds. The van der Waals surface area contributed by atoms with Gasteiger partial charge in [0.05, 0.1) is 6.10 Å². The predicted octanol–water partition coefficient (Wildman–Crippen LogP) is 3.62. The lowest BCUT2D eigenvalue weighted by Crippen LogP contribution is -2.43. The first kappa shape index (κ1) is 12.7. The van der Waals surface area contributed by atoms with Crippen molar-refractivity contribution in [1.29, 1.82) is 0 Å². The van der Waals surface area contributed by atoms with Crippen LogP contribution in [0.1, 0.15) is 56.1 Å². The number of aliphatic hydroxyl groups excluding tert-OH is 1. The minimum atomic E-state index is -0.102. The van der Waals surface area contributed by atoms with Gasteiger partial charge in [-0.2, -0.15) is 0 Å². The van der Waals surface area contributed by atoms with Gasteiger partial charge in [0.25, 0.3) is 0 Å². The van der Waals surface area contributed by atoms with E-state index in [1.807, 2.05) is 12.1 Å². The van der Waals surface area contributed by atoms with E-state index in [1.165, 1.54) is 24.0 Å². The highest BCUT2D eigenvalue weighted by Crippen LogP contribution is 2.61. The number of fused-ring (bicyclic) bond motifs is 5. The van der Waals surface area contributed by atoms with Crippen molar-refractivity contribution in [2.24, 2.45) is 17.3 Å². The Morgan fingerprint density at radius 1 is 1.20 bits per heavy atom. The lowest BCUT2D eigenvalue weighted by molar-refractivity contribution is -0.0199. The van der Waals surface area contributed by atoms with Crippen molar-refractivity contribution in [3.8, 4) is 5.75 Å². The van der Waals surface area contributed by atoms with Crippen LogP contribution >= 0.6 is 0 Å². The van der Waals surface area contributed by atoms with Gasteiger partial charge in [-0.3, -0.25) is 0 Å². The zero-order chi connectivity index (χ0) is 13.9. The fourth-order valence-corrected chi connectivity index (χ4v) is 5.31. The minimum Gasteiger partial charge on any atom is -0.508 e. The Hall–Kier alpha value is -1.02. The van der Waals surface area contributed by atoms with Gasteiger partial charge in [-0.1, -0.05) is 13.0 Å². The molecule has 2 nitrogen and oxygen atoms in total. The van der Waals surface area contributed by atoms with Crippen LogP contribution in [0.3, 0.4) is 0 Å². The topological polar surface area (TPSA) is 40.5 Å². The van der Waals surface area contributed by atoms with E-state index < -0.39 is 0 Å². The third kappa shape index (κ3) is 1.60.